The highest BCUT2D eigenvalue weighted by atomic mass is 16.4. The van der Waals surface area contributed by atoms with Crippen LogP contribution in [0.3, 0.4) is 0 Å². The number of carboxylic acids is 1. The Morgan fingerprint density at radius 1 is 1.56 bits per heavy atom. The summed E-state index contributed by atoms with van der Waals surface area (Å²) in [5.41, 5.74) is 5.46. The van der Waals surface area contributed by atoms with Gasteiger partial charge in [0.05, 0.1) is 0 Å². The van der Waals surface area contributed by atoms with Gasteiger partial charge in [0.15, 0.2) is 0 Å². The number of nitrogens with two attached hydrogens (primary N) is 1. The number of carbonyl (C=O) groups is 1. The van der Waals surface area contributed by atoms with Crippen molar-refractivity contribution in [1.82, 2.24) is 0 Å². The molecule has 0 heterocycles. The van der Waals surface area contributed by atoms with E-state index in [0.717, 1.165) is 12.8 Å². The van der Waals surface area contributed by atoms with Crippen LogP contribution in [0.5, 0.6) is 0 Å². The summed E-state index contributed by atoms with van der Waals surface area (Å²) in [4.78, 5) is 10.2. The monoisotopic (exact) mass is 128 g/mol. The highest BCUT2D eigenvalue weighted by Crippen LogP contribution is 2.22. The maximum absolute atomic E-state index is 10.2. The highest BCUT2D eigenvalue weighted by molar-refractivity contribution is 5.68. The molecule has 1 saturated carbocycles. The summed E-state index contributed by atoms with van der Waals surface area (Å²) in [7, 11) is 0. The maximum atomic E-state index is 10.2. The molecule has 0 unspecified atom stereocenters. The zero-order chi connectivity index (χ0) is 6.85. The summed E-state index contributed by atoms with van der Waals surface area (Å²) in [6.45, 7) is 0. The Morgan fingerprint density at radius 2 is 2.22 bits per heavy atom. The van der Waals surface area contributed by atoms with Gasteiger partial charge < -0.3 is 15.6 Å². The fourth-order valence-electron chi connectivity index (χ4n) is 1.28. The van der Waals surface area contributed by atoms with E-state index in [1.165, 1.54) is 0 Å². The first-order valence-corrected chi connectivity index (χ1v) is 3.18. The van der Waals surface area contributed by atoms with Crippen LogP contribution in [0.15, 0.2) is 0 Å². The standard InChI is InChI=1S/C6H11NO2/c7-5-3-1-2-4(5)6(8)9/h4-5H,1-3,7H2,(H,8,9)/p-1/t4-,5+/m0/s1. The number of carboxylic acid groups (broad SMARTS) is 1. The molecule has 0 radical (unpaired) electrons. The van der Waals surface area contributed by atoms with Crippen LogP contribution in [0, 0.1) is 5.92 Å². The molecule has 0 amide bonds. The topological polar surface area (TPSA) is 66.2 Å². The lowest BCUT2D eigenvalue weighted by atomic mass is 10.1. The van der Waals surface area contributed by atoms with E-state index in [-0.39, 0.29) is 12.0 Å². The Morgan fingerprint density at radius 3 is 2.44 bits per heavy atom. The van der Waals surface area contributed by atoms with Crippen LogP contribution in [0.1, 0.15) is 19.3 Å². The van der Waals surface area contributed by atoms with Crippen molar-refractivity contribution in [3.05, 3.63) is 0 Å². The second-order valence-corrected chi connectivity index (χ2v) is 2.52. The van der Waals surface area contributed by atoms with Crippen molar-refractivity contribution in [2.24, 2.45) is 11.7 Å². The Hall–Kier alpha value is -0.570. The van der Waals surface area contributed by atoms with E-state index in [9.17, 15) is 9.90 Å². The average molecular weight is 128 g/mol. The predicted molar refractivity (Wildman–Crippen MR) is 30.3 cm³/mol. The first kappa shape index (κ1) is 6.55. The van der Waals surface area contributed by atoms with E-state index >= 15 is 0 Å². The third kappa shape index (κ3) is 1.21. The van der Waals surface area contributed by atoms with Crippen LogP contribution in [0.4, 0.5) is 0 Å². The quantitative estimate of drug-likeness (QED) is 0.485. The molecule has 2 atom stereocenters. The molecule has 1 aliphatic carbocycles. The minimum atomic E-state index is -0.986. The average Bonchev–Trinajstić information content (AvgIpc) is 2.13. The van der Waals surface area contributed by atoms with Gasteiger partial charge in [0, 0.05) is 17.9 Å². The van der Waals surface area contributed by atoms with Crippen molar-refractivity contribution in [2.75, 3.05) is 0 Å². The van der Waals surface area contributed by atoms with Crippen molar-refractivity contribution < 1.29 is 9.90 Å². The van der Waals surface area contributed by atoms with Crippen LogP contribution in [-0.4, -0.2) is 12.0 Å². The maximum Gasteiger partial charge on any atom is 0.0460 e. The molecule has 0 bridgehead atoms. The third-order valence-corrected chi connectivity index (χ3v) is 1.87. The number of rotatable bonds is 1. The summed E-state index contributed by atoms with van der Waals surface area (Å²) in [5.74, 6) is -1.37. The second kappa shape index (κ2) is 2.35. The Balaban J connectivity index is 2.49. The summed E-state index contributed by atoms with van der Waals surface area (Å²) in [6.07, 6.45) is 2.46. The van der Waals surface area contributed by atoms with E-state index in [1.807, 2.05) is 0 Å². The van der Waals surface area contributed by atoms with E-state index in [4.69, 9.17) is 5.73 Å². The normalized spacial score (nSPS) is 34.8. The predicted octanol–water partition coefficient (Wildman–Crippen LogP) is -1.14. The number of carbonyl (C=O) groups excluding carboxylic acids is 1. The molecule has 1 aliphatic rings. The largest absolute Gasteiger partial charge is 0.550 e. The molecule has 0 aliphatic heterocycles. The van der Waals surface area contributed by atoms with Crippen molar-refractivity contribution in [2.45, 2.75) is 25.3 Å². The Kier molecular flexibility index (Phi) is 1.71. The molecule has 0 saturated heterocycles. The van der Waals surface area contributed by atoms with Crippen molar-refractivity contribution >= 4 is 5.97 Å². The van der Waals surface area contributed by atoms with E-state index < -0.39 is 5.97 Å². The number of hydrogen-bond acceptors (Lipinski definition) is 3. The summed E-state index contributed by atoms with van der Waals surface area (Å²) < 4.78 is 0. The number of aliphatic carboxylic acids is 1. The molecule has 3 heteroatoms. The summed E-state index contributed by atoms with van der Waals surface area (Å²) in [6, 6.07) is -0.157. The lowest BCUT2D eigenvalue weighted by molar-refractivity contribution is -0.311. The Labute approximate surface area is 53.9 Å². The fraction of sp³-hybridized carbons (Fsp3) is 0.833. The van der Waals surface area contributed by atoms with Crippen molar-refractivity contribution in [1.29, 1.82) is 0 Å². The van der Waals surface area contributed by atoms with Gasteiger partial charge in [-0.3, -0.25) is 0 Å². The SMILES string of the molecule is N[C@@H]1CCC[C@@H]1C(=O)[O-]. The summed E-state index contributed by atoms with van der Waals surface area (Å²) in [5, 5.41) is 10.2. The molecule has 2 N–H and O–H groups in total. The Bertz CT molecular complexity index is 124. The molecule has 0 aromatic rings. The highest BCUT2D eigenvalue weighted by Gasteiger charge is 2.24. The minimum Gasteiger partial charge on any atom is -0.550 e. The van der Waals surface area contributed by atoms with E-state index in [0.29, 0.717) is 6.42 Å². The van der Waals surface area contributed by atoms with Gasteiger partial charge in [-0.1, -0.05) is 6.42 Å². The molecule has 1 rings (SSSR count). The molecule has 52 valence electrons. The van der Waals surface area contributed by atoms with Gasteiger partial charge in [-0.2, -0.15) is 0 Å². The first-order chi connectivity index (χ1) is 4.22. The third-order valence-electron chi connectivity index (χ3n) is 1.87. The van der Waals surface area contributed by atoms with Crippen LogP contribution < -0.4 is 10.8 Å². The molecular weight excluding hydrogens is 118 g/mol. The van der Waals surface area contributed by atoms with Crippen LogP contribution in [-0.2, 0) is 4.79 Å². The zero-order valence-corrected chi connectivity index (χ0v) is 5.17. The first-order valence-electron chi connectivity index (χ1n) is 3.18. The van der Waals surface area contributed by atoms with E-state index in [1.54, 1.807) is 0 Å². The van der Waals surface area contributed by atoms with E-state index in [2.05, 4.69) is 0 Å². The zero-order valence-electron chi connectivity index (χ0n) is 5.17. The molecule has 0 aromatic heterocycles. The van der Waals surface area contributed by atoms with Crippen LogP contribution in [0.25, 0.3) is 0 Å². The van der Waals surface area contributed by atoms with Crippen molar-refractivity contribution in [3.63, 3.8) is 0 Å². The number of hydrogen-bond donors (Lipinski definition) is 1. The molecule has 9 heavy (non-hydrogen) atoms. The summed E-state index contributed by atoms with van der Waals surface area (Å²) >= 11 is 0. The smallest absolute Gasteiger partial charge is 0.0460 e. The van der Waals surface area contributed by atoms with Gasteiger partial charge in [0.25, 0.3) is 0 Å². The van der Waals surface area contributed by atoms with Gasteiger partial charge >= 0.3 is 0 Å². The second-order valence-electron chi connectivity index (χ2n) is 2.52. The molecule has 1 fully saturated rings. The lowest BCUT2D eigenvalue weighted by Crippen LogP contribution is -2.39. The lowest BCUT2D eigenvalue weighted by Gasteiger charge is -2.14. The van der Waals surface area contributed by atoms with Crippen LogP contribution >= 0.6 is 0 Å². The van der Waals surface area contributed by atoms with Crippen LogP contribution in [0.2, 0.25) is 0 Å². The molecule has 3 nitrogen and oxygen atoms in total. The fourth-order valence-corrected chi connectivity index (χ4v) is 1.28. The molecular formula is C6H10NO2-. The van der Waals surface area contributed by atoms with Gasteiger partial charge in [0.1, 0.15) is 0 Å². The molecule has 0 spiro atoms. The van der Waals surface area contributed by atoms with Gasteiger partial charge in [0.2, 0.25) is 0 Å². The van der Waals surface area contributed by atoms with Gasteiger partial charge in [-0.05, 0) is 12.8 Å². The van der Waals surface area contributed by atoms with Crippen molar-refractivity contribution in [3.8, 4) is 0 Å². The minimum absolute atomic E-state index is 0.157. The molecule has 0 aromatic carbocycles. The van der Waals surface area contributed by atoms with Gasteiger partial charge in [-0.25, -0.2) is 0 Å². The van der Waals surface area contributed by atoms with Gasteiger partial charge in [-0.15, -0.1) is 0 Å².